The smallest absolute Gasteiger partial charge is 0.173 e. The van der Waals surface area contributed by atoms with Crippen LogP contribution >= 0.6 is 12.2 Å². The van der Waals surface area contributed by atoms with Gasteiger partial charge in [-0.1, -0.05) is 19.1 Å². The van der Waals surface area contributed by atoms with Crippen LogP contribution in [0.4, 0.5) is 5.69 Å². The maximum absolute atomic E-state index is 5.53. The topological polar surface area (TPSA) is 18.5 Å². The number of benzene rings is 1. The molecule has 1 aromatic carbocycles. The summed E-state index contributed by atoms with van der Waals surface area (Å²) < 4.78 is 0. The summed E-state index contributed by atoms with van der Waals surface area (Å²) in [6.07, 6.45) is 0. The van der Waals surface area contributed by atoms with Gasteiger partial charge in [-0.3, -0.25) is 0 Å². The van der Waals surface area contributed by atoms with Gasteiger partial charge in [0.05, 0.1) is 0 Å². The number of nitrogens with one attached hydrogen (secondary N) is 1. The van der Waals surface area contributed by atoms with Crippen molar-refractivity contribution in [2.24, 2.45) is 0 Å². The number of hydrogen-bond acceptors (Lipinski definition) is 2. The quantitative estimate of drug-likeness (QED) is 0.837. The minimum atomic E-state index is 0.851. The maximum Gasteiger partial charge on any atom is 0.173 e. The Morgan fingerprint density at radius 3 is 2.53 bits per heavy atom. The first-order valence-corrected chi connectivity index (χ1v) is 7.37. The normalized spacial score (nSPS) is 16.5. The highest BCUT2D eigenvalue weighted by Gasteiger charge is 2.18. The number of anilines is 1. The minimum Gasteiger partial charge on any atom is -0.346 e. The summed E-state index contributed by atoms with van der Waals surface area (Å²) >= 11 is 5.53. The highest BCUT2D eigenvalue weighted by molar-refractivity contribution is 7.80. The fraction of sp³-hybridized carbons (Fsp3) is 0.533. The van der Waals surface area contributed by atoms with Gasteiger partial charge in [-0.05, 0) is 49.8 Å². The van der Waals surface area contributed by atoms with Gasteiger partial charge in [0, 0.05) is 31.9 Å². The van der Waals surface area contributed by atoms with Crippen LogP contribution in [0.3, 0.4) is 0 Å². The first kappa shape index (κ1) is 14.3. The third-order valence-electron chi connectivity index (χ3n) is 3.95. The lowest BCUT2D eigenvalue weighted by Crippen LogP contribution is -2.49. The number of piperazine rings is 1. The molecule has 0 unspecified atom stereocenters. The van der Waals surface area contributed by atoms with E-state index in [1.165, 1.54) is 11.1 Å². The van der Waals surface area contributed by atoms with Crippen molar-refractivity contribution >= 4 is 23.0 Å². The SMILES string of the molecule is CCN1CCN(C(=S)Nc2cccc(C)c2C)CC1. The summed E-state index contributed by atoms with van der Waals surface area (Å²) in [7, 11) is 0. The third-order valence-corrected chi connectivity index (χ3v) is 4.31. The monoisotopic (exact) mass is 277 g/mol. The molecule has 0 saturated carbocycles. The Hall–Kier alpha value is -1.13. The number of nitrogens with zero attached hydrogens (tertiary/aromatic N) is 2. The first-order valence-electron chi connectivity index (χ1n) is 6.96. The predicted molar refractivity (Wildman–Crippen MR) is 85.8 cm³/mol. The highest BCUT2D eigenvalue weighted by Crippen LogP contribution is 2.18. The lowest BCUT2D eigenvalue weighted by atomic mass is 10.1. The van der Waals surface area contributed by atoms with Crippen LogP contribution < -0.4 is 5.32 Å². The van der Waals surface area contributed by atoms with Crippen molar-refractivity contribution in [1.29, 1.82) is 0 Å². The molecule has 4 heteroatoms. The molecule has 1 aliphatic heterocycles. The van der Waals surface area contributed by atoms with Gasteiger partial charge in [0.2, 0.25) is 0 Å². The summed E-state index contributed by atoms with van der Waals surface area (Å²) in [6, 6.07) is 6.29. The van der Waals surface area contributed by atoms with Crippen molar-refractivity contribution in [1.82, 2.24) is 9.80 Å². The molecule has 0 amide bonds. The molecule has 0 atom stereocenters. The highest BCUT2D eigenvalue weighted by atomic mass is 32.1. The zero-order valence-corrected chi connectivity index (χ0v) is 12.9. The van der Waals surface area contributed by atoms with Gasteiger partial charge in [-0.25, -0.2) is 0 Å². The number of rotatable bonds is 2. The van der Waals surface area contributed by atoms with Gasteiger partial charge in [0.25, 0.3) is 0 Å². The van der Waals surface area contributed by atoms with Gasteiger partial charge in [-0.2, -0.15) is 0 Å². The molecular weight excluding hydrogens is 254 g/mol. The molecule has 0 bridgehead atoms. The van der Waals surface area contributed by atoms with Crippen LogP contribution in [0.15, 0.2) is 18.2 Å². The summed E-state index contributed by atoms with van der Waals surface area (Å²) in [4.78, 5) is 4.72. The standard InChI is InChI=1S/C15H23N3S/c1-4-17-8-10-18(11-9-17)15(19)16-14-7-5-6-12(2)13(14)3/h5-7H,4,8-11H2,1-3H3,(H,16,19). The van der Waals surface area contributed by atoms with Crippen molar-refractivity contribution < 1.29 is 0 Å². The average Bonchev–Trinajstić information content (AvgIpc) is 2.44. The molecule has 0 aromatic heterocycles. The maximum atomic E-state index is 5.53. The van der Waals surface area contributed by atoms with E-state index in [0.717, 1.165) is 43.5 Å². The molecular formula is C15H23N3S. The molecule has 1 saturated heterocycles. The number of thiocarbonyl (C=S) groups is 1. The molecule has 1 aliphatic rings. The molecule has 19 heavy (non-hydrogen) atoms. The summed E-state index contributed by atoms with van der Waals surface area (Å²) in [5.41, 5.74) is 3.70. The van der Waals surface area contributed by atoms with E-state index >= 15 is 0 Å². The second-order valence-electron chi connectivity index (χ2n) is 5.10. The number of likely N-dealkylation sites (N-methyl/N-ethyl adjacent to an activating group) is 1. The number of aryl methyl sites for hydroxylation is 1. The second-order valence-corrected chi connectivity index (χ2v) is 5.49. The van der Waals surface area contributed by atoms with Crippen LogP contribution in [0.25, 0.3) is 0 Å². The van der Waals surface area contributed by atoms with E-state index in [1.807, 2.05) is 0 Å². The largest absolute Gasteiger partial charge is 0.346 e. The van der Waals surface area contributed by atoms with Crippen LogP contribution in [0.1, 0.15) is 18.1 Å². The van der Waals surface area contributed by atoms with Gasteiger partial charge < -0.3 is 15.1 Å². The Kier molecular flexibility index (Phi) is 4.77. The van der Waals surface area contributed by atoms with Crippen molar-refractivity contribution in [3.8, 4) is 0 Å². The van der Waals surface area contributed by atoms with Crippen LogP contribution in [-0.4, -0.2) is 47.6 Å². The third kappa shape index (κ3) is 3.45. The van der Waals surface area contributed by atoms with Crippen LogP contribution in [0, 0.1) is 13.8 Å². The second kappa shape index (κ2) is 6.35. The molecule has 0 aliphatic carbocycles. The van der Waals surface area contributed by atoms with Gasteiger partial charge >= 0.3 is 0 Å². The van der Waals surface area contributed by atoms with Crippen molar-refractivity contribution in [2.45, 2.75) is 20.8 Å². The molecule has 0 radical (unpaired) electrons. The fourth-order valence-electron chi connectivity index (χ4n) is 2.35. The predicted octanol–water partition coefficient (Wildman–Crippen LogP) is 2.64. The molecule has 2 rings (SSSR count). The van der Waals surface area contributed by atoms with E-state index in [0.29, 0.717) is 0 Å². The van der Waals surface area contributed by atoms with E-state index < -0.39 is 0 Å². The Morgan fingerprint density at radius 1 is 1.21 bits per heavy atom. The molecule has 1 heterocycles. The Morgan fingerprint density at radius 2 is 1.89 bits per heavy atom. The van der Waals surface area contributed by atoms with Crippen LogP contribution in [0.5, 0.6) is 0 Å². The summed E-state index contributed by atoms with van der Waals surface area (Å²) in [5.74, 6) is 0. The molecule has 1 aromatic rings. The van der Waals surface area contributed by atoms with E-state index in [4.69, 9.17) is 12.2 Å². The Bertz CT molecular complexity index is 451. The summed E-state index contributed by atoms with van der Waals surface area (Å²) in [6.45, 7) is 11.8. The van der Waals surface area contributed by atoms with Crippen LogP contribution in [-0.2, 0) is 0 Å². The van der Waals surface area contributed by atoms with Crippen molar-refractivity contribution in [3.63, 3.8) is 0 Å². The van der Waals surface area contributed by atoms with Gasteiger partial charge in [0.1, 0.15) is 0 Å². The number of hydrogen-bond donors (Lipinski definition) is 1. The van der Waals surface area contributed by atoms with E-state index in [-0.39, 0.29) is 0 Å². The van der Waals surface area contributed by atoms with Crippen LogP contribution in [0.2, 0.25) is 0 Å². The van der Waals surface area contributed by atoms with Gasteiger partial charge in [-0.15, -0.1) is 0 Å². The zero-order chi connectivity index (χ0) is 13.8. The molecule has 1 fully saturated rings. The Labute approximate surface area is 121 Å². The van der Waals surface area contributed by atoms with E-state index in [1.54, 1.807) is 0 Å². The molecule has 3 nitrogen and oxygen atoms in total. The zero-order valence-electron chi connectivity index (χ0n) is 12.1. The lowest BCUT2D eigenvalue weighted by molar-refractivity contribution is 0.191. The van der Waals surface area contributed by atoms with Crippen molar-refractivity contribution in [2.75, 3.05) is 38.0 Å². The molecule has 104 valence electrons. The van der Waals surface area contributed by atoms with Gasteiger partial charge in [0.15, 0.2) is 5.11 Å². The summed E-state index contributed by atoms with van der Waals surface area (Å²) in [5, 5.41) is 4.24. The van der Waals surface area contributed by atoms with Crippen molar-refractivity contribution in [3.05, 3.63) is 29.3 Å². The molecule has 0 spiro atoms. The first-order chi connectivity index (χ1) is 9.11. The van der Waals surface area contributed by atoms with E-state index in [9.17, 15) is 0 Å². The average molecular weight is 277 g/mol. The Balaban J connectivity index is 1.96. The van der Waals surface area contributed by atoms with E-state index in [2.05, 4.69) is 54.1 Å². The minimum absolute atomic E-state index is 0.851. The fourth-order valence-corrected chi connectivity index (χ4v) is 2.64. The lowest BCUT2D eigenvalue weighted by Gasteiger charge is -2.35. The molecule has 1 N–H and O–H groups in total.